The van der Waals surface area contributed by atoms with Crippen LogP contribution in [0.5, 0.6) is 0 Å². The first-order chi connectivity index (χ1) is 12.0. The van der Waals surface area contributed by atoms with Crippen LogP contribution in [0.3, 0.4) is 0 Å². The standard InChI is InChI=1S/C21H23N3O/c1-4-24(14-18-8-6-5-7-9-18)15-19(13-22)21(25)23-20-11-10-16(2)12-17(20)3/h5-12,15H,4,14H2,1-3H3,(H,23,25)/b19-15-. The molecule has 0 atom stereocenters. The summed E-state index contributed by atoms with van der Waals surface area (Å²) in [4.78, 5) is 14.4. The van der Waals surface area contributed by atoms with Gasteiger partial charge in [-0.1, -0.05) is 48.0 Å². The van der Waals surface area contributed by atoms with Crippen molar-refractivity contribution in [1.29, 1.82) is 5.26 Å². The monoisotopic (exact) mass is 333 g/mol. The van der Waals surface area contributed by atoms with Crippen LogP contribution < -0.4 is 5.32 Å². The van der Waals surface area contributed by atoms with Crippen molar-refractivity contribution in [2.75, 3.05) is 11.9 Å². The van der Waals surface area contributed by atoms with Crippen molar-refractivity contribution in [2.24, 2.45) is 0 Å². The van der Waals surface area contributed by atoms with Crippen molar-refractivity contribution >= 4 is 11.6 Å². The van der Waals surface area contributed by atoms with E-state index in [4.69, 9.17) is 0 Å². The van der Waals surface area contributed by atoms with Gasteiger partial charge in [0.15, 0.2) is 0 Å². The van der Waals surface area contributed by atoms with E-state index in [0.29, 0.717) is 13.1 Å². The largest absolute Gasteiger partial charge is 0.372 e. The van der Waals surface area contributed by atoms with Gasteiger partial charge in [-0.15, -0.1) is 0 Å². The summed E-state index contributed by atoms with van der Waals surface area (Å²) in [5.74, 6) is -0.388. The third-order valence-corrected chi connectivity index (χ3v) is 3.94. The zero-order valence-corrected chi connectivity index (χ0v) is 14.9. The third kappa shape index (κ3) is 5.22. The Morgan fingerprint density at radius 3 is 2.52 bits per heavy atom. The number of benzene rings is 2. The second-order valence-corrected chi connectivity index (χ2v) is 5.98. The smallest absolute Gasteiger partial charge is 0.267 e. The van der Waals surface area contributed by atoms with Crippen molar-refractivity contribution in [1.82, 2.24) is 4.90 Å². The van der Waals surface area contributed by atoms with Gasteiger partial charge < -0.3 is 10.2 Å². The van der Waals surface area contributed by atoms with Gasteiger partial charge in [-0.2, -0.15) is 5.26 Å². The lowest BCUT2D eigenvalue weighted by atomic mass is 10.1. The molecule has 0 bridgehead atoms. The van der Waals surface area contributed by atoms with Gasteiger partial charge in [-0.3, -0.25) is 4.79 Å². The quantitative estimate of drug-likeness (QED) is 0.637. The molecule has 128 valence electrons. The summed E-state index contributed by atoms with van der Waals surface area (Å²) in [6.45, 7) is 7.29. The summed E-state index contributed by atoms with van der Waals surface area (Å²) in [5.41, 5.74) is 4.06. The zero-order valence-electron chi connectivity index (χ0n) is 14.9. The Morgan fingerprint density at radius 1 is 1.20 bits per heavy atom. The molecule has 0 heterocycles. The predicted molar refractivity (Wildman–Crippen MR) is 101 cm³/mol. The van der Waals surface area contributed by atoms with Crippen LogP contribution in [0.15, 0.2) is 60.3 Å². The van der Waals surface area contributed by atoms with E-state index in [9.17, 15) is 10.1 Å². The van der Waals surface area contributed by atoms with E-state index in [-0.39, 0.29) is 11.5 Å². The molecule has 0 aliphatic heterocycles. The highest BCUT2D eigenvalue weighted by Gasteiger charge is 2.12. The number of hydrogen-bond donors (Lipinski definition) is 1. The minimum absolute atomic E-state index is 0.0951. The highest BCUT2D eigenvalue weighted by Crippen LogP contribution is 2.17. The Hall–Kier alpha value is -3.06. The topological polar surface area (TPSA) is 56.1 Å². The van der Waals surface area contributed by atoms with E-state index in [2.05, 4.69) is 5.32 Å². The molecule has 25 heavy (non-hydrogen) atoms. The number of hydrogen-bond acceptors (Lipinski definition) is 3. The molecule has 2 aromatic carbocycles. The van der Waals surface area contributed by atoms with Crippen molar-refractivity contribution in [3.05, 3.63) is 77.0 Å². The molecular formula is C21H23N3O. The Balaban J connectivity index is 2.14. The lowest BCUT2D eigenvalue weighted by Gasteiger charge is -2.19. The van der Waals surface area contributed by atoms with Gasteiger partial charge in [0.1, 0.15) is 11.6 Å². The minimum atomic E-state index is -0.388. The van der Waals surface area contributed by atoms with Gasteiger partial charge in [0, 0.05) is 25.0 Å². The van der Waals surface area contributed by atoms with Crippen LogP contribution in [0.2, 0.25) is 0 Å². The number of aryl methyl sites for hydroxylation is 2. The van der Waals surface area contributed by atoms with Gasteiger partial charge in [0.25, 0.3) is 5.91 Å². The van der Waals surface area contributed by atoms with Crippen LogP contribution >= 0.6 is 0 Å². The van der Waals surface area contributed by atoms with Crippen LogP contribution in [0.4, 0.5) is 5.69 Å². The molecule has 2 aromatic rings. The summed E-state index contributed by atoms with van der Waals surface area (Å²) in [6, 6.07) is 17.8. The molecule has 0 spiro atoms. The van der Waals surface area contributed by atoms with E-state index in [1.54, 1.807) is 6.20 Å². The fourth-order valence-corrected chi connectivity index (χ4v) is 2.53. The molecule has 0 aliphatic rings. The minimum Gasteiger partial charge on any atom is -0.372 e. The van der Waals surface area contributed by atoms with Crippen LogP contribution in [0.25, 0.3) is 0 Å². The van der Waals surface area contributed by atoms with E-state index in [1.807, 2.05) is 80.3 Å². The molecule has 0 unspecified atom stereocenters. The molecule has 2 rings (SSSR count). The average Bonchev–Trinajstić information content (AvgIpc) is 2.61. The number of nitrogens with one attached hydrogen (secondary N) is 1. The maximum Gasteiger partial charge on any atom is 0.267 e. The van der Waals surface area contributed by atoms with Crippen molar-refractivity contribution in [3.63, 3.8) is 0 Å². The molecule has 4 heteroatoms. The van der Waals surface area contributed by atoms with Crippen LogP contribution in [-0.4, -0.2) is 17.4 Å². The molecule has 0 fully saturated rings. The van der Waals surface area contributed by atoms with Gasteiger partial charge in [0.05, 0.1) is 0 Å². The van der Waals surface area contributed by atoms with Crippen LogP contribution in [0.1, 0.15) is 23.6 Å². The predicted octanol–water partition coefficient (Wildman–Crippen LogP) is 4.17. The highest BCUT2D eigenvalue weighted by atomic mass is 16.1. The Morgan fingerprint density at radius 2 is 1.92 bits per heavy atom. The molecule has 0 saturated carbocycles. The average molecular weight is 333 g/mol. The third-order valence-electron chi connectivity index (χ3n) is 3.94. The Labute approximate surface area is 149 Å². The summed E-state index contributed by atoms with van der Waals surface area (Å²) in [7, 11) is 0. The molecule has 0 aromatic heterocycles. The summed E-state index contributed by atoms with van der Waals surface area (Å²) in [6.07, 6.45) is 1.63. The highest BCUT2D eigenvalue weighted by molar-refractivity contribution is 6.06. The fourth-order valence-electron chi connectivity index (χ4n) is 2.53. The van der Waals surface area contributed by atoms with Crippen LogP contribution in [0, 0.1) is 25.2 Å². The van der Waals surface area contributed by atoms with Crippen molar-refractivity contribution in [2.45, 2.75) is 27.3 Å². The van der Waals surface area contributed by atoms with E-state index in [0.717, 1.165) is 22.4 Å². The van der Waals surface area contributed by atoms with Gasteiger partial charge >= 0.3 is 0 Å². The molecule has 1 N–H and O–H groups in total. The molecule has 0 saturated heterocycles. The number of nitrogens with zero attached hydrogens (tertiary/aromatic N) is 2. The first kappa shape index (κ1) is 18.3. The van der Waals surface area contributed by atoms with Crippen molar-refractivity contribution < 1.29 is 4.79 Å². The number of carbonyl (C=O) groups is 1. The zero-order chi connectivity index (χ0) is 18.2. The van der Waals surface area contributed by atoms with E-state index >= 15 is 0 Å². The number of rotatable bonds is 6. The summed E-state index contributed by atoms with van der Waals surface area (Å²) < 4.78 is 0. The maximum atomic E-state index is 12.5. The maximum absolute atomic E-state index is 12.5. The Kier molecular flexibility index (Phi) is 6.36. The number of amides is 1. The van der Waals surface area contributed by atoms with Gasteiger partial charge in [-0.25, -0.2) is 0 Å². The number of carbonyl (C=O) groups excluding carboxylic acids is 1. The Bertz CT molecular complexity index is 804. The van der Waals surface area contributed by atoms with E-state index in [1.165, 1.54) is 0 Å². The van der Waals surface area contributed by atoms with Crippen LogP contribution in [-0.2, 0) is 11.3 Å². The first-order valence-corrected chi connectivity index (χ1v) is 8.32. The van der Waals surface area contributed by atoms with Gasteiger partial charge in [0.2, 0.25) is 0 Å². The molecule has 0 radical (unpaired) electrons. The first-order valence-electron chi connectivity index (χ1n) is 8.32. The molecular weight excluding hydrogens is 310 g/mol. The summed E-state index contributed by atoms with van der Waals surface area (Å²) in [5, 5.41) is 12.2. The molecule has 0 aliphatic carbocycles. The SMILES string of the molecule is CCN(/C=C(/C#N)C(=O)Nc1ccc(C)cc1C)Cc1ccccc1. The summed E-state index contributed by atoms with van der Waals surface area (Å²) >= 11 is 0. The molecule has 1 amide bonds. The fraction of sp³-hybridized carbons (Fsp3) is 0.238. The van der Waals surface area contributed by atoms with Gasteiger partial charge in [-0.05, 0) is 38.0 Å². The van der Waals surface area contributed by atoms with Crippen molar-refractivity contribution in [3.8, 4) is 6.07 Å². The normalized spacial score (nSPS) is 10.9. The lowest BCUT2D eigenvalue weighted by molar-refractivity contribution is -0.112. The molecule has 4 nitrogen and oxygen atoms in total. The number of nitriles is 1. The second-order valence-electron chi connectivity index (χ2n) is 5.98. The lowest BCUT2D eigenvalue weighted by Crippen LogP contribution is -2.21. The number of anilines is 1. The van der Waals surface area contributed by atoms with E-state index < -0.39 is 0 Å². The second kappa shape index (κ2) is 8.70.